The van der Waals surface area contributed by atoms with Gasteiger partial charge in [-0.3, -0.25) is 37.3 Å². The highest BCUT2D eigenvalue weighted by molar-refractivity contribution is 7.47. The van der Waals surface area contributed by atoms with Gasteiger partial charge in [-0.05, 0) is 43.4 Å². The van der Waals surface area contributed by atoms with Gasteiger partial charge in [-0.15, -0.1) is 0 Å². The van der Waals surface area contributed by atoms with Gasteiger partial charge < -0.3 is 33.8 Å². The summed E-state index contributed by atoms with van der Waals surface area (Å²) in [5.41, 5.74) is 0. The quantitative estimate of drug-likeness (QED) is 0.0222. The first-order valence-corrected chi connectivity index (χ1v) is 42.9. The number of esters is 4. The van der Waals surface area contributed by atoms with Gasteiger partial charge in [0.2, 0.25) is 0 Å². The lowest BCUT2D eigenvalue weighted by Crippen LogP contribution is -2.30. The van der Waals surface area contributed by atoms with E-state index in [0.29, 0.717) is 31.6 Å². The fourth-order valence-corrected chi connectivity index (χ4v) is 13.3. The summed E-state index contributed by atoms with van der Waals surface area (Å²) in [4.78, 5) is 72.6. The van der Waals surface area contributed by atoms with Crippen molar-refractivity contribution in [3.8, 4) is 0 Å². The normalized spacial score (nSPS) is 14.3. The van der Waals surface area contributed by atoms with Gasteiger partial charge in [0.1, 0.15) is 19.3 Å². The van der Waals surface area contributed by atoms with Crippen LogP contribution in [0.15, 0.2) is 0 Å². The Hall–Kier alpha value is -1.94. The molecule has 0 aliphatic heterocycles. The number of hydrogen-bond acceptors (Lipinski definition) is 15. The fraction of sp³-hybridized carbons (Fsp3) is 0.948. The van der Waals surface area contributed by atoms with Gasteiger partial charge in [-0.2, -0.15) is 0 Å². The van der Waals surface area contributed by atoms with Gasteiger partial charge in [-0.1, -0.05) is 344 Å². The molecule has 0 spiro atoms. The van der Waals surface area contributed by atoms with Crippen LogP contribution in [0, 0.1) is 17.8 Å². The van der Waals surface area contributed by atoms with Gasteiger partial charge in [0.15, 0.2) is 12.2 Å². The van der Waals surface area contributed by atoms with Crippen LogP contribution in [0.5, 0.6) is 0 Å². The highest BCUT2D eigenvalue weighted by Gasteiger charge is 2.30. The van der Waals surface area contributed by atoms with Crippen molar-refractivity contribution in [2.45, 2.75) is 414 Å². The molecule has 0 rings (SSSR count). The largest absolute Gasteiger partial charge is 0.472 e. The van der Waals surface area contributed by atoms with E-state index in [1.165, 1.54) is 193 Å². The van der Waals surface area contributed by atoms with Crippen molar-refractivity contribution in [3.63, 3.8) is 0 Å². The number of rotatable bonds is 75. The lowest BCUT2D eigenvalue weighted by atomic mass is 9.99. The number of aliphatic hydroxyl groups excluding tert-OH is 1. The van der Waals surface area contributed by atoms with Crippen molar-refractivity contribution in [3.05, 3.63) is 0 Å². The number of carbonyl (C=O) groups excluding carboxylic acids is 4. The molecule has 0 aliphatic carbocycles. The summed E-state index contributed by atoms with van der Waals surface area (Å²) >= 11 is 0. The van der Waals surface area contributed by atoms with Crippen molar-refractivity contribution in [1.29, 1.82) is 0 Å². The Morgan fingerprint density at radius 2 is 0.531 bits per heavy atom. The summed E-state index contributed by atoms with van der Waals surface area (Å²) in [6.45, 7) is 11.9. The summed E-state index contributed by atoms with van der Waals surface area (Å²) in [6, 6.07) is 0. The molecule has 0 aromatic heterocycles. The Morgan fingerprint density at radius 3 is 0.792 bits per heavy atom. The number of unbranched alkanes of at least 4 members (excludes halogenated alkanes) is 42. The third-order valence-corrected chi connectivity index (χ3v) is 20.1. The van der Waals surface area contributed by atoms with E-state index < -0.39 is 97.5 Å². The van der Waals surface area contributed by atoms with Gasteiger partial charge in [-0.25, -0.2) is 9.13 Å². The molecule has 96 heavy (non-hydrogen) atoms. The van der Waals surface area contributed by atoms with E-state index in [4.69, 9.17) is 37.0 Å². The topological polar surface area (TPSA) is 237 Å². The third kappa shape index (κ3) is 69.2. The molecule has 3 N–H and O–H groups in total. The second-order valence-corrected chi connectivity index (χ2v) is 31.8. The van der Waals surface area contributed by atoms with E-state index in [-0.39, 0.29) is 25.7 Å². The third-order valence-electron chi connectivity index (χ3n) is 18.2. The SMILES string of the molecule is CCCCCCCCCC(=O)OC[C@H](COP(=O)(O)OC[C@H](O)COP(=O)(O)OC[C@@H](COC(=O)CCCCCCCCCCCCCCCCC(C)CC)OC(=O)CCCCCCCCCCCCCCCCCCCCC(C)C)OC(=O)CCCCCCCCCC(C)C. The second-order valence-electron chi connectivity index (χ2n) is 28.9. The Morgan fingerprint density at radius 1 is 0.302 bits per heavy atom. The van der Waals surface area contributed by atoms with Crippen molar-refractivity contribution in [1.82, 2.24) is 0 Å². The maximum Gasteiger partial charge on any atom is 0.472 e. The summed E-state index contributed by atoms with van der Waals surface area (Å²) in [6.07, 6.45) is 54.5. The predicted molar refractivity (Wildman–Crippen MR) is 391 cm³/mol. The minimum absolute atomic E-state index is 0.103. The molecular weight excluding hydrogens is 1260 g/mol. The molecular formula is C77H150O17P2. The van der Waals surface area contributed by atoms with E-state index in [1.807, 2.05) is 0 Å². The predicted octanol–water partition coefficient (Wildman–Crippen LogP) is 22.6. The molecule has 0 amide bonds. The smallest absolute Gasteiger partial charge is 0.462 e. The summed E-state index contributed by atoms with van der Waals surface area (Å²) in [7, 11) is -9.91. The average Bonchev–Trinajstić information content (AvgIpc) is 1.98. The Bertz CT molecular complexity index is 1870. The van der Waals surface area contributed by atoms with E-state index in [2.05, 4.69) is 48.5 Å². The standard InChI is InChI=1S/C77H150O17P2/c1-8-10-11-12-34-44-51-58-74(79)87-64-72(94-77(82)61-54-47-40-33-36-42-49-56-69(5)6)66-91-95(83,84)89-62-71(78)63-90-96(85,86)92-67-73(65-88-75(80)59-52-45-38-31-27-23-20-19-22-26-30-37-43-50-57-70(7)9-2)93-76(81)60-53-46-39-32-28-24-18-16-14-13-15-17-21-25-29-35-41-48-55-68(3)4/h68-73,78H,8-67H2,1-7H3,(H,83,84)(H,85,86)/t70?,71-,72+,73+/m0/s1. The maximum absolute atomic E-state index is 13.1. The Kier molecular flexibility index (Phi) is 66.2. The molecule has 3 unspecified atom stereocenters. The van der Waals surface area contributed by atoms with E-state index in [0.717, 1.165) is 115 Å². The van der Waals surface area contributed by atoms with Crippen LogP contribution in [0.4, 0.5) is 0 Å². The van der Waals surface area contributed by atoms with Crippen molar-refractivity contribution in [2.75, 3.05) is 39.6 Å². The summed E-state index contributed by atoms with van der Waals surface area (Å²) in [5.74, 6) is 0.242. The maximum atomic E-state index is 13.1. The zero-order valence-electron chi connectivity index (χ0n) is 62.8. The molecule has 0 aromatic carbocycles. The lowest BCUT2D eigenvalue weighted by molar-refractivity contribution is -0.161. The Balaban J connectivity index is 5.16. The number of phosphoric acid groups is 2. The van der Waals surface area contributed by atoms with Crippen LogP contribution in [0.2, 0.25) is 0 Å². The molecule has 6 atom stereocenters. The van der Waals surface area contributed by atoms with Gasteiger partial charge >= 0.3 is 39.5 Å². The molecule has 19 heteroatoms. The molecule has 17 nitrogen and oxygen atoms in total. The molecule has 0 aliphatic rings. The number of ether oxygens (including phenoxy) is 4. The highest BCUT2D eigenvalue weighted by Crippen LogP contribution is 2.45. The molecule has 0 radical (unpaired) electrons. The first kappa shape index (κ1) is 94.1. The van der Waals surface area contributed by atoms with E-state index in [1.54, 1.807) is 0 Å². The summed E-state index contributed by atoms with van der Waals surface area (Å²) < 4.78 is 68.4. The number of phosphoric ester groups is 2. The first-order valence-electron chi connectivity index (χ1n) is 39.9. The Labute approximate surface area is 588 Å². The minimum atomic E-state index is -4.96. The fourth-order valence-electron chi connectivity index (χ4n) is 11.7. The van der Waals surface area contributed by atoms with Crippen molar-refractivity contribution >= 4 is 39.5 Å². The van der Waals surface area contributed by atoms with Crippen LogP contribution in [0.3, 0.4) is 0 Å². The number of aliphatic hydroxyl groups is 1. The monoisotopic (exact) mass is 1410 g/mol. The van der Waals surface area contributed by atoms with Crippen LogP contribution in [-0.2, 0) is 65.4 Å². The zero-order chi connectivity index (χ0) is 70.9. The molecule has 0 bridgehead atoms. The van der Waals surface area contributed by atoms with E-state index in [9.17, 15) is 43.2 Å². The highest BCUT2D eigenvalue weighted by atomic mass is 31.2. The van der Waals surface area contributed by atoms with E-state index >= 15 is 0 Å². The van der Waals surface area contributed by atoms with Crippen LogP contribution >= 0.6 is 15.6 Å². The van der Waals surface area contributed by atoms with Crippen LogP contribution in [0.1, 0.15) is 395 Å². The van der Waals surface area contributed by atoms with Crippen LogP contribution in [0.25, 0.3) is 0 Å². The van der Waals surface area contributed by atoms with Crippen LogP contribution < -0.4 is 0 Å². The van der Waals surface area contributed by atoms with Gasteiger partial charge in [0.05, 0.1) is 26.4 Å². The van der Waals surface area contributed by atoms with Gasteiger partial charge in [0, 0.05) is 25.7 Å². The van der Waals surface area contributed by atoms with Gasteiger partial charge in [0.25, 0.3) is 0 Å². The molecule has 0 fully saturated rings. The molecule has 0 saturated heterocycles. The lowest BCUT2D eigenvalue weighted by Gasteiger charge is -2.21. The van der Waals surface area contributed by atoms with Crippen LogP contribution in [-0.4, -0.2) is 96.7 Å². The first-order chi connectivity index (χ1) is 46.3. The second kappa shape index (κ2) is 67.5. The molecule has 570 valence electrons. The average molecular weight is 1410 g/mol. The summed E-state index contributed by atoms with van der Waals surface area (Å²) in [5, 5.41) is 10.6. The number of hydrogen-bond donors (Lipinski definition) is 3. The number of carbonyl (C=O) groups is 4. The minimum Gasteiger partial charge on any atom is -0.462 e. The van der Waals surface area contributed by atoms with Crippen molar-refractivity contribution in [2.24, 2.45) is 17.8 Å². The molecule has 0 heterocycles. The molecule has 0 aromatic rings. The van der Waals surface area contributed by atoms with Crippen molar-refractivity contribution < 1.29 is 80.2 Å². The zero-order valence-corrected chi connectivity index (χ0v) is 64.6. The molecule has 0 saturated carbocycles.